The lowest BCUT2D eigenvalue weighted by molar-refractivity contribution is 0.287. The molecule has 4 heteroatoms. The van der Waals surface area contributed by atoms with Crippen molar-refractivity contribution in [2.24, 2.45) is 0 Å². The van der Waals surface area contributed by atoms with Gasteiger partial charge in [-0.2, -0.15) is 0 Å². The van der Waals surface area contributed by atoms with E-state index in [1.54, 1.807) is 0 Å². The van der Waals surface area contributed by atoms with Crippen molar-refractivity contribution < 1.29 is 9.47 Å². The van der Waals surface area contributed by atoms with Gasteiger partial charge in [-0.25, -0.2) is 0 Å². The lowest BCUT2D eigenvalue weighted by Gasteiger charge is -2.16. The van der Waals surface area contributed by atoms with Crippen molar-refractivity contribution in [1.29, 1.82) is 0 Å². The van der Waals surface area contributed by atoms with Crippen molar-refractivity contribution in [1.82, 2.24) is 0 Å². The molecule has 96 valence electrons. The summed E-state index contributed by atoms with van der Waals surface area (Å²) >= 11 is 7.24. The third-order valence-corrected chi connectivity index (χ3v) is 4.19. The first-order valence-electron chi connectivity index (χ1n) is 5.87. The summed E-state index contributed by atoms with van der Waals surface area (Å²) in [5.74, 6) is 1.60. The van der Waals surface area contributed by atoms with Gasteiger partial charge in [0.1, 0.15) is 0 Å². The zero-order valence-electron chi connectivity index (χ0n) is 10.4. The summed E-state index contributed by atoms with van der Waals surface area (Å²) in [6.07, 6.45) is 1.03. The molecule has 0 aliphatic carbocycles. The molecule has 17 heavy (non-hydrogen) atoms. The fourth-order valence-corrected chi connectivity index (χ4v) is 2.83. The van der Waals surface area contributed by atoms with Gasteiger partial charge >= 0.3 is 0 Å². The summed E-state index contributed by atoms with van der Waals surface area (Å²) in [5, 5.41) is 0. The van der Waals surface area contributed by atoms with Gasteiger partial charge in [0.25, 0.3) is 0 Å². The molecule has 0 spiro atoms. The number of ether oxygens (including phenoxy) is 2. The Kier molecular flexibility index (Phi) is 6.34. The van der Waals surface area contributed by atoms with E-state index in [1.807, 2.05) is 26.0 Å². The Labute approximate surface area is 120 Å². The SMILES string of the molecule is CCOc1cc(Br)c(C(Br)CC)cc1OCC. The molecule has 0 aromatic heterocycles. The summed E-state index contributed by atoms with van der Waals surface area (Å²) in [6.45, 7) is 7.36. The average molecular weight is 366 g/mol. The van der Waals surface area contributed by atoms with E-state index in [0.29, 0.717) is 18.0 Å². The van der Waals surface area contributed by atoms with Crippen LogP contribution in [0.2, 0.25) is 0 Å². The average Bonchev–Trinajstić information content (AvgIpc) is 2.32. The van der Waals surface area contributed by atoms with Crippen molar-refractivity contribution in [2.45, 2.75) is 32.0 Å². The van der Waals surface area contributed by atoms with Crippen molar-refractivity contribution >= 4 is 31.9 Å². The third kappa shape index (κ3) is 3.88. The largest absolute Gasteiger partial charge is 0.490 e. The van der Waals surface area contributed by atoms with Crippen LogP contribution in [0.1, 0.15) is 37.6 Å². The van der Waals surface area contributed by atoms with Gasteiger partial charge in [-0.05, 0) is 38.0 Å². The van der Waals surface area contributed by atoms with E-state index in [4.69, 9.17) is 9.47 Å². The topological polar surface area (TPSA) is 18.5 Å². The van der Waals surface area contributed by atoms with Gasteiger partial charge in [-0.3, -0.25) is 0 Å². The Morgan fingerprint density at radius 2 is 1.59 bits per heavy atom. The highest BCUT2D eigenvalue weighted by molar-refractivity contribution is 9.11. The van der Waals surface area contributed by atoms with Gasteiger partial charge in [0.2, 0.25) is 0 Å². The van der Waals surface area contributed by atoms with Crippen LogP contribution in [0.4, 0.5) is 0 Å². The monoisotopic (exact) mass is 364 g/mol. The first-order chi connectivity index (χ1) is 8.13. The molecule has 0 saturated heterocycles. The summed E-state index contributed by atoms with van der Waals surface area (Å²) in [4.78, 5) is 0.326. The van der Waals surface area contributed by atoms with E-state index in [9.17, 15) is 0 Å². The van der Waals surface area contributed by atoms with Gasteiger partial charge in [0.05, 0.1) is 13.2 Å². The molecule has 1 aromatic carbocycles. The van der Waals surface area contributed by atoms with Gasteiger partial charge in [0.15, 0.2) is 11.5 Å². The zero-order valence-corrected chi connectivity index (χ0v) is 13.6. The van der Waals surface area contributed by atoms with E-state index in [-0.39, 0.29) is 0 Å². The number of hydrogen-bond donors (Lipinski definition) is 0. The van der Waals surface area contributed by atoms with Crippen LogP contribution in [0.25, 0.3) is 0 Å². The molecule has 0 aliphatic rings. The van der Waals surface area contributed by atoms with Crippen LogP contribution in [0.5, 0.6) is 11.5 Å². The highest BCUT2D eigenvalue weighted by Crippen LogP contribution is 2.40. The molecule has 1 unspecified atom stereocenters. The summed E-state index contributed by atoms with van der Waals surface area (Å²) in [6, 6.07) is 4.02. The van der Waals surface area contributed by atoms with Crippen LogP contribution in [0.3, 0.4) is 0 Å². The second-order valence-corrected chi connectivity index (χ2v) is 5.52. The Hall–Kier alpha value is -0.220. The van der Waals surface area contributed by atoms with Crippen molar-refractivity contribution in [3.8, 4) is 11.5 Å². The number of halogens is 2. The molecule has 1 rings (SSSR count). The summed E-state index contributed by atoms with van der Waals surface area (Å²) < 4.78 is 12.2. The van der Waals surface area contributed by atoms with Crippen LogP contribution in [0, 0.1) is 0 Å². The van der Waals surface area contributed by atoms with E-state index in [1.165, 1.54) is 5.56 Å². The molecule has 1 aromatic rings. The lowest BCUT2D eigenvalue weighted by Crippen LogP contribution is -2.00. The molecule has 0 saturated carbocycles. The minimum absolute atomic E-state index is 0.326. The van der Waals surface area contributed by atoms with E-state index in [0.717, 1.165) is 22.4 Å². The predicted octanol–water partition coefficient (Wildman–Crippen LogP) is 5.09. The van der Waals surface area contributed by atoms with Gasteiger partial charge in [-0.15, -0.1) is 0 Å². The number of alkyl halides is 1. The van der Waals surface area contributed by atoms with Gasteiger partial charge in [0, 0.05) is 9.30 Å². The fraction of sp³-hybridized carbons (Fsp3) is 0.538. The zero-order chi connectivity index (χ0) is 12.8. The maximum atomic E-state index is 5.61. The van der Waals surface area contributed by atoms with Crippen molar-refractivity contribution in [3.05, 3.63) is 22.2 Å². The highest BCUT2D eigenvalue weighted by Gasteiger charge is 2.15. The summed E-state index contributed by atoms with van der Waals surface area (Å²) in [5.41, 5.74) is 1.19. The van der Waals surface area contributed by atoms with E-state index >= 15 is 0 Å². The Balaban J connectivity index is 3.14. The van der Waals surface area contributed by atoms with Crippen LogP contribution in [0.15, 0.2) is 16.6 Å². The minimum Gasteiger partial charge on any atom is -0.490 e. The molecule has 0 fully saturated rings. The first-order valence-corrected chi connectivity index (χ1v) is 7.57. The minimum atomic E-state index is 0.326. The predicted molar refractivity (Wildman–Crippen MR) is 78.4 cm³/mol. The molecule has 0 amide bonds. The third-order valence-electron chi connectivity index (χ3n) is 2.36. The molecule has 0 N–H and O–H groups in total. The van der Waals surface area contributed by atoms with Crippen molar-refractivity contribution in [2.75, 3.05) is 13.2 Å². The second kappa shape index (κ2) is 7.27. The second-order valence-electron chi connectivity index (χ2n) is 3.56. The molecule has 0 radical (unpaired) electrons. The Morgan fingerprint density at radius 1 is 1.06 bits per heavy atom. The fourth-order valence-electron chi connectivity index (χ4n) is 1.55. The normalized spacial score (nSPS) is 12.3. The maximum absolute atomic E-state index is 5.61. The lowest BCUT2D eigenvalue weighted by atomic mass is 10.1. The number of hydrogen-bond acceptors (Lipinski definition) is 2. The van der Waals surface area contributed by atoms with Crippen LogP contribution in [-0.4, -0.2) is 13.2 Å². The van der Waals surface area contributed by atoms with Gasteiger partial charge < -0.3 is 9.47 Å². The number of rotatable bonds is 6. The molecule has 1 atom stereocenters. The van der Waals surface area contributed by atoms with E-state index in [2.05, 4.69) is 38.8 Å². The molecule has 2 nitrogen and oxygen atoms in total. The maximum Gasteiger partial charge on any atom is 0.162 e. The molecular weight excluding hydrogens is 348 g/mol. The standard InChI is InChI=1S/C13H18Br2O2/c1-4-10(14)9-7-12(16-5-2)13(17-6-3)8-11(9)15/h7-8,10H,4-6H2,1-3H3. The summed E-state index contributed by atoms with van der Waals surface area (Å²) in [7, 11) is 0. The first kappa shape index (κ1) is 14.8. The molecule has 0 heterocycles. The molecule has 0 bridgehead atoms. The Morgan fingerprint density at radius 3 is 2.06 bits per heavy atom. The van der Waals surface area contributed by atoms with Crippen LogP contribution in [-0.2, 0) is 0 Å². The highest BCUT2D eigenvalue weighted by atomic mass is 79.9. The van der Waals surface area contributed by atoms with Crippen LogP contribution < -0.4 is 9.47 Å². The quantitative estimate of drug-likeness (QED) is 0.653. The number of benzene rings is 1. The van der Waals surface area contributed by atoms with Crippen LogP contribution >= 0.6 is 31.9 Å². The van der Waals surface area contributed by atoms with E-state index < -0.39 is 0 Å². The van der Waals surface area contributed by atoms with Gasteiger partial charge in [-0.1, -0.05) is 38.8 Å². The smallest absolute Gasteiger partial charge is 0.162 e. The Bertz CT molecular complexity index is 367. The molecule has 0 aliphatic heterocycles. The van der Waals surface area contributed by atoms with Crippen molar-refractivity contribution in [3.63, 3.8) is 0 Å². The molecular formula is C13H18Br2O2.